The van der Waals surface area contributed by atoms with Crippen LogP contribution in [0.25, 0.3) is 6.08 Å². The van der Waals surface area contributed by atoms with Crippen LogP contribution in [0, 0.1) is 0 Å². The number of hydrogen-bond acceptors (Lipinski definition) is 3. The summed E-state index contributed by atoms with van der Waals surface area (Å²) in [5.41, 5.74) is 1.45. The Morgan fingerprint density at radius 2 is 2.10 bits per heavy atom. The highest BCUT2D eigenvalue weighted by Gasteiger charge is 2.17. The zero-order valence-electron chi connectivity index (χ0n) is 10.5. The van der Waals surface area contributed by atoms with Crippen molar-refractivity contribution in [2.75, 3.05) is 11.9 Å². The smallest absolute Gasteiger partial charge is 0.256 e. The standard InChI is InChI=1S/C15H11ClN2O2/c16-12-5-6-14(17-8-12)18-15(19)11-7-10-3-1-2-4-13(10)20-9-11/h1-8H,9H2,(H,17,18,19). The van der Waals surface area contributed by atoms with Crippen LogP contribution in [0.4, 0.5) is 5.82 Å². The van der Waals surface area contributed by atoms with E-state index in [4.69, 9.17) is 16.3 Å². The number of amides is 1. The van der Waals surface area contributed by atoms with Gasteiger partial charge in [-0.25, -0.2) is 4.98 Å². The molecule has 0 aliphatic carbocycles. The van der Waals surface area contributed by atoms with E-state index in [9.17, 15) is 4.79 Å². The largest absolute Gasteiger partial charge is 0.488 e. The highest BCUT2D eigenvalue weighted by molar-refractivity contribution is 6.30. The summed E-state index contributed by atoms with van der Waals surface area (Å²) < 4.78 is 5.54. The number of aromatic nitrogens is 1. The zero-order valence-corrected chi connectivity index (χ0v) is 11.2. The van der Waals surface area contributed by atoms with Crippen LogP contribution in [-0.4, -0.2) is 17.5 Å². The van der Waals surface area contributed by atoms with Crippen molar-refractivity contribution in [3.63, 3.8) is 0 Å². The fraction of sp³-hybridized carbons (Fsp3) is 0.0667. The SMILES string of the molecule is O=C(Nc1ccc(Cl)cn1)C1=Cc2ccccc2OC1. The zero-order chi connectivity index (χ0) is 13.9. The molecule has 1 aromatic carbocycles. The molecule has 100 valence electrons. The molecular formula is C15H11ClN2O2. The van der Waals surface area contributed by atoms with Crippen molar-refractivity contribution in [3.8, 4) is 5.75 Å². The Labute approximate surface area is 121 Å². The molecule has 5 heteroatoms. The van der Waals surface area contributed by atoms with Crippen LogP contribution < -0.4 is 10.1 Å². The number of fused-ring (bicyclic) bond motifs is 1. The number of nitrogens with one attached hydrogen (secondary N) is 1. The molecule has 0 atom stereocenters. The lowest BCUT2D eigenvalue weighted by molar-refractivity contribution is -0.113. The summed E-state index contributed by atoms with van der Waals surface area (Å²) in [7, 11) is 0. The Morgan fingerprint density at radius 3 is 2.90 bits per heavy atom. The summed E-state index contributed by atoms with van der Waals surface area (Å²) in [6, 6.07) is 10.9. The molecule has 0 unspecified atom stereocenters. The number of anilines is 1. The van der Waals surface area contributed by atoms with Gasteiger partial charge >= 0.3 is 0 Å². The quantitative estimate of drug-likeness (QED) is 0.923. The molecule has 2 aromatic rings. The topological polar surface area (TPSA) is 51.2 Å². The lowest BCUT2D eigenvalue weighted by atomic mass is 10.1. The monoisotopic (exact) mass is 286 g/mol. The molecule has 1 aliphatic rings. The van der Waals surface area contributed by atoms with Gasteiger partial charge in [0.05, 0.1) is 10.6 Å². The van der Waals surface area contributed by atoms with Gasteiger partial charge in [0, 0.05) is 11.8 Å². The van der Waals surface area contributed by atoms with Gasteiger partial charge in [-0.1, -0.05) is 29.8 Å². The van der Waals surface area contributed by atoms with E-state index in [2.05, 4.69) is 10.3 Å². The molecule has 3 rings (SSSR count). The molecule has 0 fully saturated rings. The Morgan fingerprint density at radius 1 is 1.25 bits per heavy atom. The third-order valence-corrected chi connectivity index (χ3v) is 3.12. The predicted octanol–water partition coefficient (Wildman–Crippen LogP) is 3.15. The number of nitrogens with zero attached hydrogens (tertiary/aromatic N) is 1. The van der Waals surface area contributed by atoms with Crippen LogP contribution in [0.15, 0.2) is 48.2 Å². The lowest BCUT2D eigenvalue weighted by Crippen LogP contribution is -2.21. The second kappa shape index (κ2) is 5.35. The number of rotatable bonds is 2. The fourth-order valence-electron chi connectivity index (χ4n) is 1.89. The molecular weight excluding hydrogens is 276 g/mol. The summed E-state index contributed by atoms with van der Waals surface area (Å²) in [5.74, 6) is 1.02. The van der Waals surface area contributed by atoms with Crippen LogP contribution in [0.2, 0.25) is 5.02 Å². The summed E-state index contributed by atoms with van der Waals surface area (Å²) in [6.45, 7) is 0.246. The number of carbonyl (C=O) groups excluding carboxylic acids is 1. The van der Waals surface area contributed by atoms with Gasteiger partial charge in [-0.05, 0) is 24.3 Å². The summed E-state index contributed by atoms with van der Waals surface area (Å²) >= 11 is 5.75. The highest BCUT2D eigenvalue weighted by Crippen LogP contribution is 2.26. The van der Waals surface area contributed by atoms with Gasteiger partial charge in [0.1, 0.15) is 18.2 Å². The van der Waals surface area contributed by atoms with Crippen molar-refractivity contribution in [1.29, 1.82) is 0 Å². The van der Waals surface area contributed by atoms with Gasteiger partial charge in [-0.15, -0.1) is 0 Å². The Balaban J connectivity index is 1.78. The van der Waals surface area contributed by atoms with E-state index in [0.29, 0.717) is 16.4 Å². The molecule has 4 nitrogen and oxygen atoms in total. The number of para-hydroxylation sites is 1. The van der Waals surface area contributed by atoms with E-state index in [1.807, 2.05) is 30.3 Å². The van der Waals surface area contributed by atoms with Crippen molar-refractivity contribution in [2.45, 2.75) is 0 Å². The van der Waals surface area contributed by atoms with Crippen LogP contribution in [0.1, 0.15) is 5.56 Å². The summed E-state index contributed by atoms with van der Waals surface area (Å²) in [6.07, 6.45) is 3.31. The number of hydrogen-bond donors (Lipinski definition) is 1. The molecule has 1 amide bonds. The minimum atomic E-state index is -0.227. The molecule has 0 saturated heterocycles. The second-order valence-corrected chi connectivity index (χ2v) is 4.75. The normalized spacial score (nSPS) is 12.9. The first kappa shape index (κ1) is 12.7. The lowest BCUT2D eigenvalue weighted by Gasteiger charge is -2.17. The molecule has 1 N–H and O–H groups in total. The Bertz CT molecular complexity index is 681. The van der Waals surface area contributed by atoms with Crippen molar-refractivity contribution in [1.82, 2.24) is 4.98 Å². The molecule has 0 saturated carbocycles. The number of benzene rings is 1. The summed E-state index contributed by atoms with van der Waals surface area (Å²) in [4.78, 5) is 16.2. The van der Waals surface area contributed by atoms with Gasteiger partial charge in [0.2, 0.25) is 0 Å². The third-order valence-electron chi connectivity index (χ3n) is 2.89. The maximum atomic E-state index is 12.1. The van der Waals surface area contributed by atoms with Gasteiger partial charge in [-0.2, -0.15) is 0 Å². The molecule has 20 heavy (non-hydrogen) atoms. The average Bonchev–Trinajstić information content (AvgIpc) is 2.49. The first-order valence-electron chi connectivity index (χ1n) is 6.08. The van der Waals surface area contributed by atoms with E-state index in [1.54, 1.807) is 12.1 Å². The first-order valence-corrected chi connectivity index (χ1v) is 6.45. The molecule has 1 aromatic heterocycles. The minimum absolute atomic E-state index is 0.227. The molecule has 1 aliphatic heterocycles. The van der Waals surface area contributed by atoms with Crippen molar-refractivity contribution in [3.05, 3.63) is 58.8 Å². The molecule has 0 bridgehead atoms. The number of halogens is 1. The van der Waals surface area contributed by atoms with Crippen molar-refractivity contribution >= 4 is 29.4 Å². The number of pyridine rings is 1. The maximum Gasteiger partial charge on any atom is 0.256 e. The van der Waals surface area contributed by atoms with E-state index in [1.165, 1.54) is 6.20 Å². The van der Waals surface area contributed by atoms with Gasteiger partial charge in [0.15, 0.2) is 0 Å². The first-order chi connectivity index (χ1) is 9.72. The van der Waals surface area contributed by atoms with Gasteiger partial charge < -0.3 is 10.1 Å². The maximum absolute atomic E-state index is 12.1. The van der Waals surface area contributed by atoms with Gasteiger partial charge in [0.25, 0.3) is 5.91 Å². The molecule has 0 radical (unpaired) electrons. The summed E-state index contributed by atoms with van der Waals surface area (Å²) in [5, 5.41) is 3.24. The van der Waals surface area contributed by atoms with E-state index < -0.39 is 0 Å². The third kappa shape index (κ3) is 2.65. The Kier molecular flexibility index (Phi) is 3.39. The predicted molar refractivity (Wildman–Crippen MR) is 77.8 cm³/mol. The van der Waals surface area contributed by atoms with E-state index in [-0.39, 0.29) is 12.5 Å². The van der Waals surface area contributed by atoms with Crippen LogP contribution >= 0.6 is 11.6 Å². The van der Waals surface area contributed by atoms with Crippen molar-refractivity contribution in [2.24, 2.45) is 0 Å². The van der Waals surface area contributed by atoms with Crippen molar-refractivity contribution < 1.29 is 9.53 Å². The van der Waals surface area contributed by atoms with Crippen LogP contribution in [-0.2, 0) is 4.79 Å². The highest BCUT2D eigenvalue weighted by atomic mass is 35.5. The van der Waals surface area contributed by atoms with Crippen LogP contribution in [0.3, 0.4) is 0 Å². The van der Waals surface area contributed by atoms with Gasteiger partial charge in [-0.3, -0.25) is 4.79 Å². The second-order valence-electron chi connectivity index (χ2n) is 4.31. The van der Waals surface area contributed by atoms with E-state index in [0.717, 1.165) is 11.3 Å². The minimum Gasteiger partial charge on any atom is -0.488 e. The fourth-order valence-corrected chi connectivity index (χ4v) is 2.01. The Hall–Kier alpha value is -2.33. The van der Waals surface area contributed by atoms with Crippen LogP contribution in [0.5, 0.6) is 5.75 Å². The van der Waals surface area contributed by atoms with E-state index >= 15 is 0 Å². The molecule has 0 spiro atoms. The number of ether oxygens (including phenoxy) is 1. The molecule has 2 heterocycles. The average molecular weight is 287 g/mol. The number of carbonyl (C=O) groups is 1.